The largest absolute Gasteiger partial charge is 0.351 e. The van der Waals surface area contributed by atoms with Gasteiger partial charge in [-0.05, 0) is 0 Å². The van der Waals surface area contributed by atoms with Crippen LogP contribution in [0.2, 0.25) is 0 Å². The summed E-state index contributed by atoms with van der Waals surface area (Å²) >= 11 is 3.26. The van der Waals surface area contributed by atoms with E-state index < -0.39 is 6.03 Å². The van der Waals surface area contributed by atoms with Crippen LogP contribution in [-0.2, 0) is 5.33 Å². The number of hydrogen-bond donors (Lipinski definition) is 3. The third kappa shape index (κ3) is 2.20. The Morgan fingerprint density at radius 1 is 1.44 bits per heavy atom. The molecule has 0 radical (unpaired) electrons. The highest BCUT2D eigenvalue weighted by Gasteiger charge is 2.17. The van der Waals surface area contributed by atoms with Gasteiger partial charge < -0.3 is 0 Å². The van der Waals surface area contributed by atoms with Crippen molar-refractivity contribution in [3.63, 3.8) is 0 Å². The molecule has 2 rings (SSSR count). The molecular formula is C8H9BrN8O. The summed E-state index contributed by atoms with van der Waals surface area (Å²) in [6.45, 7) is 0. The van der Waals surface area contributed by atoms with Crippen molar-refractivity contribution >= 4 is 38.9 Å². The normalized spacial score (nSPS) is 10.4. The van der Waals surface area contributed by atoms with Gasteiger partial charge in [0.1, 0.15) is 6.33 Å². The molecule has 2 amide bonds. The average molecular weight is 313 g/mol. The molecule has 0 spiro atoms. The summed E-state index contributed by atoms with van der Waals surface area (Å²) in [4.78, 5) is 27.5. The van der Waals surface area contributed by atoms with E-state index in [4.69, 9.17) is 11.7 Å². The highest BCUT2D eigenvalue weighted by molar-refractivity contribution is 9.08. The number of amides is 2. The number of anilines is 1. The Bertz CT molecular complexity index is 590. The van der Waals surface area contributed by atoms with Gasteiger partial charge in [0.15, 0.2) is 17.0 Å². The van der Waals surface area contributed by atoms with Gasteiger partial charge >= 0.3 is 6.03 Å². The number of hydrogen-bond acceptors (Lipinski definition) is 7. The maximum atomic E-state index is 11.4. The Hall–Kier alpha value is -1.91. The predicted molar refractivity (Wildman–Crippen MR) is 67.1 cm³/mol. The maximum absolute atomic E-state index is 11.4. The zero-order valence-electron chi connectivity index (χ0n) is 9.04. The van der Waals surface area contributed by atoms with Gasteiger partial charge in [0.2, 0.25) is 0 Å². The van der Waals surface area contributed by atoms with Crippen molar-refractivity contribution in [1.82, 2.24) is 25.4 Å². The van der Waals surface area contributed by atoms with Crippen LogP contribution in [-0.4, -0.2) is 26.0 Å². The van der Waals surface area contributed by atoms with E-state index >= 15 is 0 Å². The lowest BCUT2D eigenvalue weighted by atomic mass is 10.4. The Labute approximate surface area is 110 Å². The number of urea groups is 1. The number of hydrazine groups is 2. The SMILES string of the molecule is NNC(=O)N(N)c1ncnc2ncc(CBr)nc12. The van der Waals surface area contributed by atoms with E-state index in [9.17, 15) is 4.79 Å². The summed E-state index contributed by atoms with van der Waals surface area (Å²) in [5.74, 6) is 10.7. The third-order valence-corrected chi connectivity index (χ3v) is 2.66. The second-order valence-electron chi connectivity index (χ2n) is 3.18. The summed E-state index contributed by atoms with van der Waals surface area (Å²) in [5.41, 5.74) is 3.23. The second-order valence-corrected chi connectivity index (χ2v) is 3.74. The van der Waals surface area contributed by atoms with Gasteiger partial charge in [-0.3, -0.25) is 5.43 Å². The fourth-order valence-corrected chi connectivity index (χ4v) is 1.54. The summed E-state index contributed by atoms with van der Waals surface area (Å²) in [6, 6.07) is -0.721. The van der Waals surface area contributed by atoms with Crippen molar-refractivity contribution in [2.75, 3.05) is 5.01 Å². The molecule has 0 aliphatic carbocycles. The van der Waals surface area contributed by atoms with Gasteiger partial charge in [0.05, 0.1) is 11.9 Å². The fraction of sp³-hybridized carbons (Fsp3) is 0.125. The lowest BCUT2D eigenvalue weighted by molar-refractivity contribution is 0.246. The van der Waals surface area contributed by atoms with Crippen molar-refractivity contribution < 1.29 is 4.79 Å². The molecule has 2 aromatic rings. The molecular weight excluding hydrogens is 304 g/mol. The molecule has 5 N–H and O–H groups in total. The highest BCUT2D eigenvalue weighted by Crippen LogP contribution is 2.18. The molecule has 94 valence electrons. The van der Waals surface area contributed by atoms with Gasteiger partial charge in [0.25, 0.3) is 0 Å². The first-order valence-electron chi connectivity index (χ1n) is 4.75. The first-order valence-corrected chi connectivity index (χ1v) is 5.87. The van der Waals surface area contributed by atoms with Crippen LogP contribution in [0.3, 0.4) is 0 Å². The second kappa shape index (κ2) is 5.16. The van der Waals surface area contributed by atoms with Crippen LogP contribution < -0.4 is 22.1 Å². The van der Waals surface area contributed by atoms with Crippen molar-refractivity contribution in [3.8, 4) is 0 Å². The minimum Gasteiger partial charge on any atom is -0.274 e. The van der Waals surface area contributed by atoms with Gasteiger partial charge in [-0.1, -0.05) is 15.9 Å². The molecule has 18 heavy (non-hydrogen) atoms. The number of halogens is 1. The molecule has 0 atom stereocenters. The van der Waals surface area contributed by atoms with Crippen molar-refractivity contribution in [2.45, 2.75) is 5.33 Å². The Kier molecular flexibility index (Phi) is 3.60. The molecule has 9 nitrogen and oxygen atoms in total. The van der Waals surface area contributed by atoms with Crippen LogP contribution in [0, 0.1) is 0 Å². The van der Waals surface area contributed by atoms with E-state index in [1.54, 1.807) is 6.20 Å². The molecule has 0 aliphatic heterocycles. The summed E-state index contributed by atoms with van der Waals surface area (Å²) in [5, 5.41) is 1.26. The molecule has 0 aliphatic rings. The molecule has 2 aromatic heterocycles. The molecule has 0 fully saturated rings. The minimum atomic E-state index is -0.721. The lowest BCUT2D eigenvalue weighted by Crippen LogP contribution is -2.48. The highest BCUT2D eigenvalue weighted by atomic mass is 79.9. The van der Waals surface area contributed by atoms with Crippen LogP contribution in [0.4, 0.5) is 10.6 Å². The molecule has 0 saturated carbocycles. The zero-order chi connectivity index (χ0) is 13.1. The molecule has 0 bridgehead atoms. The van der Waals surface area contributed by atoms with Gasteiger partial charge in [0, 0.05) is 5.33 Å². The first-order chi connectivity index (χ1) is 8.67. The number of nitrogens with two attached hydrogens (primary N) is 2. The zero-order valence-corrected chi connectivity index (χ0v) is 10.6. The fourth-order valence-electron chi connectivity index (χ4n) is 1.27. The first kappa shape index (κ1) is 12.5. The van der Waals surface area contributed by atoms with Crippen molar-refractivity contribution in [2.24, 2.45) is 11.7 Å². The molecule has 0 unspecified atom stereocenters. The standard InChI is InChI=1S/C8H9BrN8O/c9-1-4-2-12-6-5(15-4)7(14-3-13-6)17(11)8(18)16-10/h2-3H,1,10-11H2,(H,16,18). The smallest absolute Gasteiger partial charge is 0.274 e. The quantitative estimate of drug-likeness (QED) is 0.296. The molecule has 0 aromatic carbocycles. The van der Waals surface area contributed by atoms with Crippen LogP contribution in [0.25, 0.3) is 11.2 Å². The monoisotopic (exact) mass is 312 g/mol. The Balaban J connectivity index is 2.59. The Morgan fingerprint density at radius 3 is 2.89 bits per heavy atom. The van der Waals surface area contributed by atoms with Crippen LogP contribution in [0.5, 0.6) is 0 Å². The van der Waals surface area contributed by atoms with Crippen LogP contribution >= 0.6 is 15.9 Å². The number of carbonyl (C=O) groups is 1. The number of nitrogens with one attached hydrogen (secondary N) is 1. The molecule has 10 heteroatoms. The van der Waals surface area contributed by atoms with E-state index in [-0.39, 0.29) is 5.82 Å². The predicted octanol–water partition coefficient (Wildman–Crippen LogP) is -0.422. The number of fused-ring (bicyclic) bond motifs is 1. The van der Waals surface area contributed by atoms with Crippen molar-refractivity contribution in [1.29, 1.82) is 0 Å². The maximum Gasteiger partial charge on any atom is 0.351 e. The Morgan fingerprint density at radius 2 is 2.22 bits per heavy atom. The summed E-state index contributed by atoms with van der Waals surface area (Å²) in [6.07, 6.45) is 2.81. The molecule has 2 heterocycles. The van der Waals surface area contributed by atoms with Crippen molar-refractivity contribution in [3.05, 3.63) is 18.2 Å². The van der Waals surface area contributed by atoms with E-state index in [1.165, 1.54) is 6.33 Å². The topological polar surface area (TPSA) is 136 Å². The summed E-state index contributed by atoms with van der Waals surface area (Å²) in [7, 11) is 0. The van der Waals surface area contributed by atoms with E-state index in [1.807, 2.05) is 5.43 Å². The van der Waals surface area contributed by atoms with E-state index in [0.29, 0.717) is 22.2 Å². The number of rotatable bonds is 2. The number of nitrogens with zero attached hydrogens (tertiary/aromatic N) is 5. The average Bonchev–Trinajstić information content (AvgIpc) is 2.44. The number of aromatic nitrogens is 4. The minimum absolute atomic E-state index is 0.123. The van der Waals surface area contributed by atoms with Gasteiger partial charge in [-0.25, -0.2) is 41.4 Å². The lowest BCUT2D eigenvalue weighted by Gasteiger charge is -2.15. The van der Waals surface area contributed by atoms with Crippen LogP contribution in [0.15, 0.2) is 12.5 Å². The van der Waals surface area contributed by atoms with Crippen LogP contribution in [0.1, 0.15) is 5.69 Å². The number of carbonyl (C=O) groups excluding carboxylic acids is 1. The molecule has 0 saturated heterocycles. The van der Waals surface area contributed by atoms with E-state index in [0.717, 1.165) is 5.01 Å². The van der Waals surface area contributed by atoms with E-state index in [2.05, 4.69) is 35.9 Å². The van der Waals surface area contributed by atoms with Gasteiger partial charge in [-0.2, -0.15) is 0 Å². The number of alkyl halides is 1. The summed E-state index contributed by atoms with van der Waals surface area (Å²) < 4.78 is 0. The third-order valence-electron chi connectivity index (χ3n) is 2.08. The van der Waals surface area contributed by atoms with Gasteiger partial charge in [-0.15, -0.1) is 0 Å².